The van der Waals surface area contributed by atoms with Gasteiger partial charge in [0.25, 0.3) is 0 Å². The van der Waals surface area contributed by atoms with Gasteiger partial charge in [0, 0.05) is 19.4 Å². The number of hydrogen-bond donors (Lipinski definition) is 1. The van der Waals surface area contributed by atoms with Crippen LogP contribution in [0.25, 0.3) is 0 Å². The Bertz CT molecular complexity index is 272. The fourth-order valence-corrected chi connectivity index (χ4v) is 1.10. The van der Waals surface area contributed by atoms with E-state index in [4.69, 9.17) is 4.74 Å². The third kappa shape index (κ3) is 11.0. The lowest BCUT2D eigenvalue weighted by Crippen LogP contribution is -2.26. The van der Waals surface area contributed by atoms with Crippen LogP contribution in [-0.2, 0) is 14.3 Å². The van der Waals surface area contributed by atoms with Gasteiger partial charge in [-0.15, -0.1) is 6.58 Å². The molecule has 96 valence electrons. The first-order valence-electron chi connectivity index (χ1n) is 5.74. The maximum atomic E-state index is 11.2. The van der Waals surface area contributed by atoms with E-state index in [2.05, 4.69) is 11.9 Å². The molecule has 4 heteroatoms. The summed E-state index contributed by atoms with van der Waals surface area (Å²) in [6.07, 6.45) is 6.03. The zero-order valence-electron chi connectivity index (χ0n) is 10.4. The molecule has 0 aliphatic carbocycles. The Labute approximate surface area is 103 Å². The molecule has 0 spiro atoms. The van der Waals surface area contributed by atoms with Crippen molar-refractivity contribution in [3.8, 4) is 0 Å². The molecule has 0 heterocycles. The molecule has 0 aliphatic heterocycles. The van der Waals surface area contributed by atoms with Crippen LogP contribution in [0.15, 0.2) is 24.8 Å². The molecule has 0 saturated carbocycles. The Morgan fingerprint density at radius 1 is 1.29 bits per heavy atom. The first kappa shape index (κ1) is 15.7. The maximum Gasteiger partial charge on any atom is 0.162 e. The Morgan fingerprint density at radius 2 is 2.06 bits per heavy atom. The van der Waals surface area contributed by atoms with Gasteiger partial charge in [-0.1, -0.05) is 18.2 Å². The molecule has 0 amide bonds. The van der Waals surface area contributed by atoms with Gasteiger partial charge in [-0.2, -0.15) is 0 Å². The van der Waals surface area contributed by atoms with Crippen molar-refractivity contribution >= 4 is 11.6 Å². The number of rotatable bonds is 11. The summed E-state index contributed by atoms with van der Waals surface area (Å²) >= 11 is 0. The monoisotopic (exact) mass is 239 g/mol. The molecule has 0 aromatic carbocycles. The first-order chi connectivity index (χ1) is 8.20. The summed E-state index contributed by atoms with van der Waals surface area (Å²) in [5, 5.41) is 2.94. The smallest absolute Gasteiger partial charge is 0.162 e. The van der Waals surface area contributed by atoms with Crippen LogP contribution in [-0.4, -0.2) is 37.9 Å². The van der Waals surface area contributed by atoms with E-state index in [1.807, 2.05) is 13.0 Å². The first-order valence-corrected chi connectivity index (χ1v) is 5.74. The molecule has 0 fully saturated rings. The fraction of sp³-hybridized carbons (Fsp3) is 0.538. The van der Waals surface area contributed by atoms with Crippen molar-refractivity contribution in [1.82, 2.24) is 5.32 Å². The quantitative estimate of drug-likeness (QED) is 0.436. The third-order valence-electron chi connectivity index (χ3n) is 1.96. The van der Waals surface area contributed by atoms with Gasteiger partial charge in [0.2, 0.25) is 0 Å². The van der Waals surface area contributed by atoms with Crippen molar-refractivity contribution in [2.24, 2.45) is 0 Å². The van der Waals surface area contributed by atoms with E-state index in [-0.39, 0.29) is 18.2 Å². The molecular weight excluding hydrogens is 218 g/mol. The second kappa shape index (κ2) is 11.2. The van der Waals surface area contributed by atoms with Crippen molar-refractivity contribution in [1.29, 1.82) is 0 Å². The number of allylic oxidation sites excluding steroid dienone is 3. The van der Waals surface area contributed by atoms with E-state index in [9.17, 15) is 9.59 Å². The lowest BCUT2D eigenvalue weighted by atomic mass is 10.3. The largest absolute Gasteiger partial charge is 0.372 e. The number of carbonyl (C=O) groups is 2. The van der Waals surface area contributed by atoms with Crippen LogP contribution in [0, 0.1) is 0 Å². The van der Waals surface area contributed by atoms with Gasteiger partial charge in [0.1, 0.15) is 12.4 Å². The molecule has 0 bridgehead atoms. The van der Waals surface area contributed by atoms with Gasteiger partial charge < -0.3 is 10.1 Å². The second-order valence-electron chi connectivity index (χ2n) is 3.57. The predicted octanol–water partition coefficient (Wildman–Crippen LogP) is 1.27. The molecule has 0 aliphatic rings. The molecule has 0 saturated heterocycles. The van der Waals surface area contributed by atoms with Crippen LogP contribution in [0.2, 0.25) is 0 Å². The maximum absolute atomic E-state index is 11.2. The lowest BCUT2D eigenvalue weighted by Gasteiger charge is -2.04. The normalized spacial score (nSPS) is 10.6. The molecule has 0 rings (SSSR count). The van der Waals surface area contributed by atoms with Gasteiger partial charge in [0.15, 0.2) is 5.78 Å². The van der Waals surface area contributed by atoms with Crippen LogP contribution in [0.5, 0.6) is 0 Å². The lowest BCUT2D eigenvalue weighted by molar-refractivity contribution is -0.123. The third-order valence-corrected chi connectivity index (χ3v) is 1.96. The molecule has 0 aromatic heterocycles. The van der Waals surface area contributed by atoms with E-state index in [0.29, 0.717) is 32.5 Å². The van der Waals surface area contributed by atoms with Crippen molar-refractivity contribution in [3.63, 3.8) is 0 Å². The van der Waals surface area contributed by atoms with Crippen LogP contribution in [0.3, 0.4) is 0 Å². The van der Waals surface area contributed by atoms with E-state index in [0.717, 1.165) is 0 Å². The number of nitrogens with one attached hydrogen (secondary N) is 1. The number of ketones is 2. The number of hydrogen-bond acceptors (Lipinski definition) is 4. The van der Waals surface area contributed by atoms with Crippen molar-refractivity contribution < 1.29 is 14.3 Å². The molecule has 4 nitrogen and oxygen atoms in total. The second-order valence-corrected chi connectivity index (χ2v) is 3.57. The van der Waals surface area contributed by atoms with E-state index >= 15 is 0 Å². The van der Waals surface area contributed by atoms with E-state index in [1.54, 1.807) is 12.2 Å². The van der Waals surface area contributed by atoms with Crippen LogP contribution in [0.4, 0.5) is 0 Å². The van der Waals surface area contributed by atoms with Gasteiger partial charge in [-0.3, -0.25) is 9.59 Å². The Kier molecular flexibility index (Phi) is 10.4. The van der Waals surface area contributed by atoms with E-state index < -0.39 is 0 Å². The molecule has 0 atom stereocenters. The summed E-state index contributed by atoms with van der Waals surface area (Å²) in [5.41, 5.74) is 0. The Balaban J connectivity index is 3.31. The average Bonchev–Trinajstić information content (AvgIpc) is 2.31. The van der Waals surface area contributed by atoms with Crippen molar-refractivity contribution in [2.45, 2.75) is 19.8 Å². The highest BCUT2D eigenvalue weighted by Crippen LogP contribution is 1.87. The number of ether oxygens (including phenoxy) is 1. The van der Waals surface area contributed by atoms with Crippen LogP contribution < -0.4 is 5.32 Å². The van der Waals surface area contributed by atoms with Gasteiger partial charge in [0.05, 0.1) is 13.2 Å². The minimum Gasteiger partial charge on any atom is -0.372 e. The number of carbonyl (C=O) groups excluding carboxylic acids is 2. The standard InChI is InChI=1S/C13H21NO3/c1-3-5-7-13(16)11-17-9-8-14-10-12(15)6-4-2/h3-5,14H,2,6-11H2,1H3/b5-3+. The van der Waals surface area contributed by atoms with Crippen LogP contribution >= 0.6 is 0 Å². The summed E-state index contributed by atoms with van der Waals surface area (Å²) in [5.74, 6) is 0.162. The highest BCUT2D eigenvalue weighted by atomic mass is 16.5. The topological polar surface area (TPSA) is 55.4 Å². The summed E-state index contributed by atoms with van der Waals surface area (Å²) in [4.78, 5) is 22.2. The van der Waals surface area contributed by atoms with Crippen molar-refractivity contribution in [2.75, 3.05) is 26.3 Å². The zero-order chi connectivity index (χ0) is 12.9. The molecule has 0 unspecified atom stereocenters. The average molecular weight is 239 g/mol. The van der Waals surface area contributed by atoms with Gasteiger partial charge >= 0.3 is 0 Å². The molecule has 0 aromatic rings. The summed E-state index contributed by atoms with van der Waals surface area (Å²) < 4.78 is 5.16. The highest BCUT2D eigenvalue weighted by molar-refractivity contribution is 5.81. The summed E-state index contributed by atoms with van der Waals surface area (Å²) in [6, 6.07) is 0. The minimum atomic E-state index is 0.0610. The van der Waals surface area contributed by atoms with E-state index in [1.165, 1.54) is 0 Å². The Morgan fingerprint density at radius 3 is 2.71 bits per heavy atom. The highest BCUT2D eigenvalue weighted by Gasteiger charge is 2.00. The summed E-state index contributed by atoms with van der Waals surface area (Å²) in [7, 11) is 0. The predicted molar refractivity (Wildman–Crippen MR) is 67.9 cm³/mol. The van der Waals surface area contributed by atoms with Gasteiger partial charge in [-0.05, 0) is 6.92 Å². The molecule has 1 N–H and O–H groups in total. The minimum absolute atomic E-state index is 0.0610. The fourth-order valence-electron chi connectivity index (χ4n) is 1.10. The van der Waals surface area contributed by atoms with Crippen molar-refractivity contribution in [3.05, 3.63) is 24.8 Å². The Hall–Kier alpha value is -1.26. The SMILES string of the molecule is C=CCC(=O)CNCCOCC(=O)C/C=C/C. The molecule has 0 radical (unpaired) electrons. The molecular formula is C13H21NO3. The molecule has 17 heavy (non-hydrogen) atoms. The number of Topliss-reactive ketones (excluding diaryl/α,β-unsaturated/α-hetero) is 2. The summed E-state index contributed by atoms with van der Waals surface area (Å²) in [6.45, 7) is 6.81. The van der Waals surface area contributed by atoms with Gasteiger partial charge in [-0.25, -0.2) is 0 Å². The zero-order valence-corrected chi connectivity index (χ0v) is 10.4. The van der Waals surface area contributed by atoms with Crippen LogP contribution in [0.1, 0.15) is 19.8 Å².